The molecule has 206 valence electrons. The molecule has 39 heavy (non-hydrogen) atoms. The fourth-order valence-electron chi connectivity index (χ4n) is 3.49. The van der Waals surface area contributed by atoms with E-state index in [0.717, 1.165) is 12.1 Å². The minimum absolute atomic E-state index is 0.0620. The van der Waals surface area contributed by atoms with E-state index in [2.05, 4.69) is 26.1 Å². The van der Waals surface area contributed by atoms with Crippen molar-refractivity contribution in [3.8, 4) is 0 Å². The van der Waals surface area contributed by atoms with Crippen molar-refractivity contribution in [2.75, 3.05) is 5.32 Å². The van der Waals surface area contributed by atoms with Crippen molar-refractivity contribution in [2.24, 2.45) is 0 Å². The molecular weight excluding hydrogens is 512 g/mol. The number of anilines is 1. The van der Waals surface area contributed by atoms with Crippen LogP contribution in [-0.2, 0) is 25.5 Å². The average Bonchev–Trinajstić information content (AvgIpc) is 3.29. The molecule has 0 aliphatic rings. The molecule has 3 rings (SSSR count). The van der Waals surface area contributed by atoms with Crippen molar-refractivity contribution in [3.05, 3.63) is 83.1 Å². The summed E-state index contributed by atoms with van der Waals surface area (Å²) in [4.78, 5) is 50.4. The van der Waals surface area contributed by atoms with Gasteiger partial charge in [0, 0.05) is 12.1 Å². The lowest BCUT2D eigenvalue weighted by atomic mass is 10.1. The molecule has 2 atom stereocenters. The largest absolute Gasteiger partial charge is 0.458 e. The van der Waals surface area contributed by atoms with Gasteiger partial charge in [0.15, 0.2) is 11.7 Å². The van der Waals surface area contributed by atoms with Crippen LogP contribution in [-0.4, -0.2) is 45.5 Å². The summed E-state index contributed by atoms with van der Waals surface area (Å²) in [6.07, 6.45) is -0.332. The number of rotatable bonds is 9. The SMILES string of the molecule is CC(NC(=O)Cc1cc(F)cc(F)c1)C(=O)Nc1cc(C(=O)NC(C(=O)OC(C)(C)C)c2ccccc2)n[nH]1. The third-order valence-corrected chi connectivity index (χ3v) is 5.18. The number of halogens is 2. The summed E-state index contributed by atoms with van der Waals surface area (Å²) in [6.45, 7) is 6.54. The van der Waals surface area contributed by atoms with E-state index in [1.54, 1.807) is 51.1 Å². The first-order chi connectivity index (χ1) is 18.3. The van der Waals surface area contributed by atoms with Crippen LogP contribution in [0.15, 0.2) is 54.6 Å². The molecule has 1 heterocycles. The van der Waals surface area contributed by atoms with Gasteiger partial charge < -0.3 is 20.7 Å². The molecule has 2 aromatic carbocycles. The number of aromatic amines is 1. The van der Waals surface area contributed by atoms with Crippen LogP contribution >= 0.6 is 0 Å². The van der Waals surface area contributed by atoms with Gasteiger partial charge in [0.25, 0.3) is 5.91 Å². The Labute approximate surface area is 223 Å². The van der Waals surface area contributed by atoms with Crippen LogP contribution in [0.3, 0.4) is 0 Å². The van der Waals surface area contributed by atoms with E-state index in [-0.39, 0.29) is 23.5 Å². The molecule has 0 fully saturated rings. The summed E-state index contributed by atoms with van der Waals surface area (Å²) in [7, 11) is 0. The minimum atomic E-state index is -1.10. The summed E-state index contributed by atoms with van der Waals surface area (Å²) in [5, 5.41) is 13.9. The number of benzene rings is 2. The highest BCUT2D eigenvalue weighted by molar-refractivity contribution is 5.99. The highest BCUT2D eigenvalue weighted by Gasteiger charge is 2.29. The zero-order valence-electron chi connectivity index (χ0n) is 21.8. The molecule has 4 N–H and O–H groups in total. The second-order valence-corrected chi connectivity index (χ2v) is 9.75. The Hall–Kier alpha value is -4.61. The molecule has 12 heteroatoms. The smallest absolute Gasteiger partial charge is 0.333 e. The first-order valence-electron chi connectivity index (χ1n) is 12.0. The van der Waals surface area contributed by atoms with Crippen LogP contribution in [0.4, 0.5) is 14.6 Å². The summed E-state index contributed by atoms with van der Waals surface area (Å²) in [5.41, 5.74) is -0.269. The summed E-state index contributed by atoms with van der Waals surface area (Å²) in [6, 6.07) is 10.4. The number of carbonyl (C=O) groups excluding carboxylic acids is 4. The van der Waals surface area contributed by atoms with Gasteiger partial charge in [-0.2, -0.15) is 5.10 Å². The number of carbonyl (C=O) groups is 4. The Morgan fingerprint density at radius 2 is 1.62 bits per heavy atom. The molecule has 0 saturated carbocycles. The van der Waals surface area contributed by atoms with Crippen LogP contribution in [0.5, 0.6) is 0 Å². The lowest BCUT2D eigenvalue weighted by Gasteiger charge is -2.24. The standard InChI is InChI=1S/C27H29F2N5O5/c1-15(30-22(35)12-16-10-18(28)13-19(29)11-16)24(36)31-21-14-20(33-34-21)25(37)32-23(17-8-6-5-7-9-17)26(38)39-27(2,3)4/h5-11,13-15,23H,12H2,1-4H3,(H,30,35)(H,32,37)(H2,31,33,34,36). The summed E-state index contributed by atoms with van der Waals surface area (Å²) >= 11 is 0. The van der Waals surface area contributed by atoms with E-state index >= 15 is 0 Å². The van der Waals surface area contributed by atoms with Crippen molar-refractivity contribution >= 4 is 29.5 Å². The van der Waals surface area contributed by atoms with Crippen molar-refractivity contribution in [1.82, 2.24) is 20.8 Å². The maximum Gasteiger partial charge on any atom is 0.333 e. The molecule has 2 unspecified atom stereocenters. The summed E-state index contributed by atoms with van der Waals surface area (Å²) < 4.78 is 32.1. The topological polar surface area (TPSA) is 142 Å². The monoisotopic (exact) mass is 541 g/mol. The lowest BCUT2D eigenvalue weighted by Crippen LogP contribution is -2.42. The van der Waals surface area contributed by atoms with E-state index in [1.807, 2.05) is 0 Å². The number of amides is 3. The fourth-order valence-corrected chi connectivity index (χ4v) is 3.49. The molecule has 1 aromatic heterocycles. The average molecular weight is 542 g/mol. The number of nitrogens with one attached hydrogen (secondary N) is 4. The number of hydrogen-bond acceptors (Lipinski definition) is 6. The van der Waals surface area contributed by atoms with Crippen molar-refractivity contribution in [3.63, 3.8) is 0 Å². The molecule has 0 spiro atoms. The Morgan fingerprint density at radius 3 is 2.23 bits per heavy atom. The van der Waals surface area contributed by atoms with Gasteiger partial charge in [-0.05, 0) is 51.0 Å². The number of H-pyrrole nitrogens is 1. The maximum atomic E-state index is 13.3. The third-order valence-electron chi connectivity index (χ3n) is 5.18. The van der Waals surface area contributed by atoms with Crippen LogP contribution in [0, 0.1) is 11.6 Å². The summed E-state index contributed by atoms with van der Waals surface area (Å²) in [5.74, 6) is -4.19. The first-order valence-corrected chi connectivity index (χ1v) is 12.0. The Morgan fingerprint density at radius 1 is 0.974 bits per heavy atom. The second-order valence-electron chi connectivity index (χ2n) is 9.75. The zero-order valence-corrected chi connectivity index (χ0v) is 21.8. The second kappa shape index (κ2) is 12.3. The van der Waals surface area contributed by atoms with Gasteiger partial charge in [-0.1, -0.05) is 30.3 Å². The van der Waals surface area contributed by atoms with Gasteiger partial charge in [0.05, 0.1) is 6.42 Å². The first kappa shape index (κ1) is 29.0. The fraction of sp³-hybridized carbons (Fsp3) is 0.296. The molecule has 3 aromatic rings. The lowest BCUT2D eigenvalue weighted by molar-refractivity contribution is -0.157. The molecular formula is C27H29F2N5O5. The van der Waals surface area contributed by atoms with Crippen molar-refractivity contribution < 1.29 is 32.7 Å². The van der Waals surface area contributed by atoms with Crippen LogP contribution < -0.4 is 16.0 Å². The molecule has 10 nitrogen and oxygen atoms in total. The number of hydrogen-bond donors (Lipinski definition) is 4. The van der Waals surface area contributed by atoms with Crippen molar-refractivity contribution in [1.29, 1.82) is 0 Å². The quantitative estimate of drug-likeness (QED) is 0.307. The van der Waals surface area contributed by atoms with Gasteiger partial charge in [-0.25, -0.2) is 13.6 Å². The number of aromatic nitrogens is 2. The molecule has 0 aliphatic heterocycles. The highest BCUT2D eigenvalue weighted by atomic mass is 19.1. The normalized spacial score (nSPS) is 12.7. The predicted molar refractivity (Wildman–Crippen MR) is 137 cm³/mol. The van der Waals surface area contributed by atoms with Crippen molar-refractivity contribution in [2.45, 2.75) is 51.8 Å². The highest BCUT2D eigenvalue weighted by Crippen LogP contribution is 2.19. The van der Waals surface area contributed by atoms with E-state index in [0.29, 0.717) is 11.6 Å². The van der Waals surface area contributed by atoms with Gasteiger partial charge in [-0.15, -0.1) is 0 Å². The van der Waals surface area contributed by atoms with Gasteiger partial charge >= 0.3 is 5.97 Å². The molecule has 0 aliphatic carbocycles. The van der Waals surface area contributed by atoms with Crippen LogP contribution in [0.2, 0.25) is 0 Å². The van der Waals surface area contributed by atoms with E-state index < -0.39 is 53.0 Å². The maximum absolute atomic E-state index is 13.3. The number of ether oxygens (including phenoxy) is 1. The Balaban J connectivity index is 1.61. The molecule has 0 bridgehead atoms. The van der Waals surface area contributed by atoms with Crippen LogP contribution in [0.1, 0.15) is 55.4 Å². The minimum Gasteiger partial charge on any atom is -0.458 e. The van der Waals surface area contributed by atoms with Gasteiger partial charge in [-0.3, -0.25) is 19.5 Å². The van der Waals surface area contributed by atoms with Gasteiger partial charge in [0.2, 0.25) is 11.8 Å². The molecule has 3 amide bonds. The Bertz CT molecular complexity index is 1330. The van der Waals surface area contributed by atoms with E-state index in [9.17, 15) is 28.0 Å². The zero-order chi connectivity index (χ0) is 28.7. The predicted octanol–water partition coefficient (Wildman–Crippen LogP) is 3.19. The molecule has 0 saturated heterocycles. The van der Waals surface area contributed by atoms with E-state index in [4.69, 9.17) is 4.74 Å². The third kappa shape index (κ3) is 8.73. The van der Waals surface area contributed by atoms with Gasteiger partial charge in [0.1, 0.15) is 29.1 Å². The number of esters is 1. The molecule has 0 radical (unpaired) electrons. The number of nitrogens with zero attached hydrogens (tertiary/aromatic N) is 1. The van der Waals surface area contributed by atoms with E-state index in [1.165, 1.54) is 13.0 Å². The van der Waals surface area contributed by atoms with Crippen LogP contribution in [0.25, 0.3) is 0 Å². The Kier molecular flexibility index (Phi) is 9.12.